The van der Waals surface area contributed by atoms with Crippen molar-refractivity contribution in [3.63, 3.8) is 0 Å². The molecule has 0 radical (unpaired) electrons. The minimum absolute atomic E-state index is 0.231. The van der Waals surface area contributed by atoms with Crippen LogP contribution in [-0.4, -0.2) is 18.4 Å². The molecule has 4 nitrogen and oxygen atoms in total. The summed E-state index contributed by atoms with van der Waals surface area (Å²) in [5, 5.41) is 2.62. The van der Waals surface area contributed by atoms with Crippen molar-refractivity contribution < 1.29 is 14.0 Å². The van der Waals surface area contributed by atoms with Crippen molar-refractivity contribution in [1.82, 2.24) is 0 Å². The van der Waals surface area contributed by atoms with Crippen LogP contribution in [-0.2, 0) is 9.59 Å². The highest BCUT2D eigenvalue weighted by Gasteiger charge is 2.38. The molecule has 0 spiro atoms. The molecule has 0 saturated carbocycles. The van der Waals surface area contributed by atoms with Crippen molar-refractivity contribution in [1.29, 1.82) is 0 Å². The molecule has 0 aromatic heterocycles. The Labute approximate surface area is 147 Å². The molecule has 1 fully saturated rings. The molecule has 1 atom stereocenters. The van der Waals surface area contributed by atoms with Gasteiger partial charge in [0.05, 0.1) is 0 Å². The van der Waals surface area contributed by atoms with Gasteiger partial charge < -0.3 is 10.2 Å². The molecule has 2 amide bonds. The second kappa shape index (κ2) is 6.73. The number of halogens is 2. The lowest BCUT2D eigenvalue weighted by atomic mass is 10.1. The molecule has 3 rings (SSSR count). The highest BCUT2D eigenvalue weighted by atomic mass is 79.9. The Balaban J connectivity index is 1.76. The first kappa shape index (κ1) is 16.6. The van der Waals surface area contributed by atoms with Gasteiger partial charge in [-0.25, -0.2) is 4.39 Å². The molecule has 124 valence electrons. The number of carbonyl (C=O) groups is 2. The van der Waals surface area contributed by atoms with Crippen LogP contribution in [0.2, 0.25) is 0 Å². The zero-order chi connectivity index (χ0) is 17.3. The van der Waals surface area contributed by atoms with Gasteiger partial charge >= 0.3 is 0 Å². The van der Waals surface area contributed by atoms with Gasteiger partial charge in [0, 0.05) is 22.4 Å². The van der Waals surface area contributed by atoms with Gasteiger partial charge in [0.2, 0.25) is 11.8 Å². The standard InChI is InChI=1S/C18H16BrFN2O2/c1-11-5-6-12(19)9-16(11)22-8-7-15(18(22)24)17(23)21-14-4-2-3-13(20)10-14/h2-6,9-10,15H,7-8H2,1H3,(H,21,23)/t15-/m0/s1. The summed E-state index contributed by atoms with van der Waals surface area (Å²) >= 11 is 3.41. The largest absolute Gasteiger partial charge is 0.325 e. The zero-order valence-electron chi connectivity index (χ0n) is 13.1. The Kier molecular flexibility index (Phi) is 4.66. The van der Waals surface area contributed by atoms with Gasteiger partial charge in [-0.05, 0) is 49.2 Å². The summed E-state index contributed by atoms with van der Waals surface area (Å²) < 4.78 is 14.1. The van der Waals surface area contributed by atoms with Crippen molar-refractivity contribution >= 4 is 39.1 Å². The van der Waals surface area contributed by atoms with E-state index in [2.05, 4.69) is 21.2 Å². The van der Waals surface area contributed by atoms with Crippen LogP contribution < -0.4 is 10.2 Å². The van der Waals surface area contributed by atoms with E-state index in [0.29, 0.717) is 18.7 Å². The molecule has 2 aromatic rings. The van der Waals surface area contributed by atoms with Gasteiger partial charge in [0.1, 0.15) is 11.7 Å². The summed E-state index contributed by atoms with van der Waals surface area (Å²) in [5.41, 5.74) is 2.12. The fourth-order valence-corrected chi connectivity index (χ4v) is 3.18. The van der Waals surface area contributed by atoms with E-state index >= 15 is 0 Å². The summed E-state index contributed by atoms with van der Waals surface area (Å²) in [7, 11) is 0. The van der Waals surface area contributed by atoms with Gasteiger partial charge in [-0.1, -0.05) is 28.1 Å². The van der Waals surface area contributed by atoms with E-state index in [1.54, 1.807) is 11.0 Å². The number of hydrogen-bond acceptors (Lipinski definition) is 2. The third kappa shape index (κ3) is 3.33. The molecule has 1 heterocycles. The molecular formula is C18H16BrFN2O2. The molecule has 1 saturated heterocycles. The van der Waals surface area contributed by atoms with E-state index in [9.17, 15) is 14.0 Å². The number of nitrogens with zero attached hydrogens (tertiary/aromatic N) is 1. The molecule has 0 bridgehead atoms. The smallest absolute Gasteiger partial charge is 0.239 e. The molecular weight excluding hydrogens is 375 g/mol. The predicted octanol–water partition coefficient (Wildman–Crippen LogP) is 3.89. The highest BCUT2D eigenvalue weighted by molar-refractivity contribution is 9.10. The quantitative estimate of drug-likeness (QED) is 0.808. The van der Waals surface area contributed by atoms with Crippen LogP contribution in [0.15, 0.2) is 46.9 Å². The molecule has 0 unspecified atom stereocenters. The topological polar surface area (TPSA) is 49.4 Å². The first-order chi connectivity index (χ1) is 11.5. The van der Waals surface area contributed by atoms with E-state index in [1.807, 2.05) is 25.1 Å². The summed E-state index contributed by atoms with van der Waals surface area (Å²) in [6.45, 7) is 2.41. The maximum absolute atomic E-state index is 13.2. The van der Waals surface area contributed by atoms with Crippen LogP contribution in [0.4, 0.5) is 15.8 Å². The van der Waals surface area contributed by atoms with E-state index in [-0.39, 0.29) is 5.91 Å². The Bertz CT molecular complexity index is 809. The summed E-state index contributed by atoms with van der Waals surface area (Å²) in [5.74, 6) is -1.82. The second-order valence-electron chi connectivity index (χ2n) is 5.76. The summed E-state index contributed by atoms with van der Waals surface area (Å²) in [4.78, 5) is 26.7. The van der Waals surface area contributed by atoms with Crippen LogP contribution in [0.25, 0.3) is 0 Å². The monoisotopic (exact) mass is 390 g/mol. The van der Waals surface area contributed by atoms with Crippen molar-refractivity contribution in [3.05, 3.63) is 58.3 Å². The maximum atomic E-state index is 13.2. The third-order valence-electron chi connectivity index (χ3n) is 4.08. The number of carbonyl (C=O) groups excluding carboxylic acids is 2. The van der Waals surface area contributed by atoms with E-state index in [4.69, 9.17) is 0 Å². The average Bonchev–Trinajstić information content (AvgIpc) is 2.91. The predicted molar refractivity (Wildman–Crippen MR) is 94.4 cm³/mol. The fraction of sp³-hybridized carbons (Fsp3) is 0.222. The Morgan fingerprint density at radius 1 is 1.29 bits per heavy atom. The first-order valence-corrected chi connectivity index (χ1v) is 8.39. The molecule has 2 aromatic carbocycles. The van der Waals surface area contributed by atoms with Crippen LogP contribution in [0, 0.1) is 18.7 Å². The van der Waals surface area contributed by atoms with Crippen molar-refractivity contribution in [2.45, 2.75) is 13.3 Å². The molecule has 24 heavy (non-hydrogen) atoms. The van der Waals surface area contributed by atoms with Crippen molar-refractivity contribution in [3.8, 4) is 0 Å². The molecule has 1 aliphatic rings. The van der Waals surface area contributed by atoms with Gasteiger partial charge in [-0.15, -0.1) is 0 Å². The number of benzene rings is 2. The number of hydrogen-bond donors (Lipinski definition) is 1. The van der Waals surface area contributed by atoms with Gasteiger partial charge in [-0.2, -0.15) is 0 Å². The summed E-state index contributed by atoms with van der Waals surface area (Å²) in [6.07, 6.45) is 0.436. The number of aryl methyl sites for hydroxylation is 1. The van der Waals surface area contributed by atoms with Gasteiger partial charge in [0.25, 0.3) is 0 Å². The lowest BCUT2D eigenvalue weighted by Crippen LogP contribution is -2.33. The zero-order valence-corrected chi connectivity index (χ0v) is 14.6. The van der Waals surface area contributed by atoms with Crippen LogP contribution in [0.5, 0.6) is 0 Å². The van der Waals surface area contributed by atoms with Crippen molar-refractivity contribution in [2.24, 2.45) is 5.92 Å². The van der Waals surface area contributed by atoms with E-state index in [1.165, 1.54) is 18.2 Å². The highest BCUT2D eigenvalue weighted by Crippen LogP contribution is 2.31. The molecule has 6 heteroatoms. The lowest BCUT2D eigenvalue weighted by molar-refractivity contribution is -0.129. The minimum Gasteiger partial charge on any atom is -0.325 e. The van der Waals surface area contributed by atoms with Crippen molar-refractivity contribution in [2.75, 3.05) is 16.8 Å². The second-order valence-corrected chi connectivity index (χ2v) is 6.68. The Hall–Kier alpha value is -2.21. The van der Waals surface area contributed by atoms with E-state index < -0.39 is 17.6 Å². The number of amides is 2. The Morgan fingerprint density at radius 2 is 2.08 bits per heavy atom. The van der Waals surface area contributed by atoms with Crippen LogP contribution >= 0.6 is 15.9 Å². The Morgan fingerprint density at radius 3 is 2.83 bits per heavy atom. The van der Waals surface area contributed by atoms with Gasteiger partial charge in [-0.3, -0.25) is 9.59 Å². The summed E-state index contributed by atoms with van der Waals surface area (Å²) in [6, 6.07) is 11.3. The van der Waals surface area contributed by atoms with E-state index in [0.717, 1.165) is 15.7 Å². The van der Waals surface area contributed by atoms with Gasteiger partial charge in [0.15, 0.2) is 0 Å². The maximum Gasteiger partial charge on any atom is 0.239 e. The third-order valence-corrected chi connectivity index (χ3v) is 4.57. The molecule has 1 aliphatic heterocycles. The fourth-order valence-electron chi connectivity index (χ4n) is 2.83. The average molecular weight is 391 g/mol. The first-order valence-electron chi connectivity index (χ1n) is 7.59. The SMILES string of the molecule is Cc1ccc(Br)cc1N1CC[C@@H](C(=O)Nc2cccc(F)c2)C1=O. The molecule has 1 N–H and O–H groups in total. The number of rotatable bonds is 3. The van der Waals surface area contributed by atoms with Crippen LogP contribution in [0.3, 0.4) is 0 Å². The number of nitrogens with one attached hydrogen (secondary N) is 1. The minimum atomic E-state index is -0.758. The lowest BCUT2D eigenvalue weighted by Gasteiger charge is -2.19. The number of anilines is 2. The normalized spacial score (nSPS) is 17.2. The molecule has 0 aliphatic carbocycles. The van der Waals surface area contributed by atoms with Crippen LogP contribution in [0.1, 0.15) is 12.0 Å².